The molecule has 2 aromatic rings. The first kappa shape index (κ1) is 11.1. The van der Waals surface area contributed by atoms with E-state index in [1.54, 1.807) is 12.1 Å². The zero-order valence-corrected chi connectivity index (χ0v) is 9.35. The van der Waals surface area contributed by atoms with Crippen molar-refractivity contribution in [2.45, 2.75) is 6.92 Å². The Morgan fingerprint density at radius 3 is 2.38 bits per heavy atom. The maximum absolute atomic E-state index is 13.2. The molecule has 0 aromatic heterocycles. The Labute approximate surface area is 97.5 Å². The molecule has 2 rings (SSSR count). The Kier molecular flexibility index (Phi) is 2.92. The monoisotopic (exact) mass is 238 g/mol. The number of benzene rings is 2. The molecule has 3 heteroatoms. The summed E-state index contributed by atoms with van der Waals surface area (Å²) in [7, 11) is 0. The summed E-state index contributed by atoms with van der Waals surface area (Å²) < 4.78 is 26.3. The Bertz CT molecular complexity index is 515. The molecule has 0 atom stereocenters. The highest BCUT2D eigenvalue weighted by molar-refractivity contribution is 6.30. The van der Waals surface area contributed by atoms with Crippen LogP contribution in [0.5, 0.6) is 0 Å². The second-order valence-corrected chi connectivity index (χ2v) is 4.05. The van der Waals surface area contributed by atoms with Crippen LogP contribution in [0, 0.1) is 18.6 Å². The lowest BCUT2D eigenvalue weighted by Gasteiger charge is -2.07. The predicted octanol–water partition coefficient (Wildman–Crippen LogP) is 4.59. The quantitative estimate of drug-likeness (QED) is 0.682. The van der Waals surface area contributed by atoms with Gasteiger partial charge in [0.1, 0.15) is 11.6 Å². The van der Waals surface area contributed by atoms with Crippen molar-refractivity contribution in [3.8, 4) is 11.1 Å². The van der Waals surface area contributed by atoms with Gasteiger partial charge >= 0.3 is 0 Å². The van der Waals surface area contributed by atoms with Gasteiger partial charge in [-0.1, -0.05) is 17.7 Å². The highest BCUT2D eigenvalue weighted by Crippen LogP contribution is 2.27. The lowest BCUT2D eigenvalue weighted by atomic mass is 10.0. The minimum absolute atomic E-state index is 0.304. The first-order valence-corrected chi connectivity index (χ1v) is 5.16. The lowest BCUT2D eigenvalue weighted by molar-refractivity contribution is 0.625. The summed E-state index contributed by atoms with van der Waals surface area (Å²) in [6.07, 6.45) is 0. The summed E-state index contributed by atoms with van der Waals surface area (Å²) in [5.74, 6) is -0.771. The Morgan fingerprint density at radius 2 is 1.69 bits per heavy atom. The summed E-state index contributed by atoms with van der Waals surface area (Å²) in [6, 6.07) is 8.59. The van der Waals surface area contributed by atoms with Gasteiger partial charge in [0.25, 0.3) is 0 Å². The molecule has 0 aliphatic rings. The predicted molar refractivity (Wildman–Crippen MR) is 61.5 cm³/mol. The van der Waals surface area contributed by atoms with Crippen LogP contribution >= 0.6 is 11.6 Å². The number of rotatable bonds is 1. The van der Waals surface area contributed by atoms with Gasteiger partial charge in [-0.25, -0.2) is 8.78 Å². The second kappa shape index (κ2) is 4.22. The van der Waals surface area contributed by atoms with E-state index in [-0.39, 0.29) is 5.82 Å². The zero-order valence-electron chi connectivity index (χ0n) is 8.60. The van der Waals surface area contributed by atoms with Crippen LogP contribution in [0.1, 0.15) is 5.56 Å². The molecule has 0 unspecified atom stereocenters. The van der Waals surface area contributed by atoms with Crippen molar-refractivity contribution < 1.29 is 8.78 Å². The normalized spacial score (nSPS) is 10.5. The molecule has 0 aliphatic heterocycles. The Morgan fingerprint density at radius 1 is 0.938 bits per heavy atom. The van der Waals surface area contributed by atoms with E-state index >= 15 is 0 Å². The average Bonchev–Trinajstić information content (AvgIpc) is 2.20. The summed E-state index contributed by atoms with van der Waals surface area (Å²) in [5, 5.41) is 0.304. The molecular formula is C13H9ClF2. The Hall–Kier alpha value is -1.41. The van der Waals surface area contributed by atoms with Crippen molar-refractivity contribution >= 4 is 11.6 Å². The number of halogens is 3. The minimum atomic E-state index is -0.425. The highest BCUT2D eigenvalue weighted by Gasteiger charge is 2.06. The van der Waals surface area contributed by atoms with Gasteiger partial charge in [-0.2, -0.15) is 0 Å². The van der Waals surface area contributed by atoms with Crippen LogP contribution in [0.25, 0.3) is 11.1 Å². The Balaban J connectivity index is 2.62. The summed E-state index contributed by atoms with van der Waals surface area (Å²) in [4.78, 5) is 0. The van der Waals surface area contributed by atoms with E-state index in [0.29, 0.717) is 16.1 Å². The molecule has 0 spiro atoms. The first-order chi connectivity index (χ1) is 7.56. The topological polar surface area (TPSA) is 0 Å². The molecule has 0 heterocycles. The van der Waals surface area contributed by atoms with Crippen molar-refractivity contribution in [3.63, 3.8) is 0 Å². The van der Waals surface area contributed by atoms with Gasteiger partial charge in [0.05, 0.1) is 0 Å². The van der Waals surface area contributed by atoms with Crippen molar-refractivity contribution in [3.05, 3.63) is 58.6 Å². The molecule has 0 nitrogen and oxygen atoms in total. The van der Waals surface area contributed by atoms with Crippen LogP contribution in [0.2, 0.25) is 5.02 Å². The third-order valence-corrected chi connectivity index (χ3v) is 2.59. The summed E-state index contributed by atoms with van der Waals surface area (Å²) >= 11 is 5.76. The third kappa shape index (κ3) is 2.22. The lowest BCUT2D eigenvalue weighted by Crippen LogP contribution is -1.87. The largest absolute Gasteiger partial charge is 0.207 e. The maximum Gasteiger partial charge on any atom is 0.125 e. The van der Waals surface area contributed by atoms with Crippen LogP contribution < -0.4 is 0 Å². The van der Waals surface area contributed by atoms with Crippen molar-refractivity contribution in [1.82, 2.24) is 0 Å². The van der Waals surface area contributed by atoms with Crippen molar-refractivity contribution in [2.24, 2.45) is 0 Å². The highest BCUT2D eigenvalue weighted by atomic mass is 35.5. The van der Waals surface area contributed by atoms with Gasteiger partial charge < -0.3 is 0 Å². The number of hydrogen-bond acceptors (Lipinski definition) is 0. The molecule has 0 radical (unpaired) electrons. The summed E-state index contributed by atoms with van der Waals surface area (Å²) in [6.45, 7) is 1.84. The zero-order chi connectivity index (χ0) is 11.7. The molecule has 82 valence electrons. The van der Waals surface area contributed by atoms with Gasteiger partial charge in [-0.05, 0) is 53.9 Å². The first-order valence-electron chi connectivity index (χ1n) is 4.79. The fourth-order valence-electron chi connectivity index (χ4n) is 1.61. The van der Waals surface area contributed by atoms with E-state index in [4.69, 9.17) is 11.6 Å². The van der Waals surface area contributed by atoms with Gasteiger partial charge in [0.15, 0.2) is 0 Å². The van der Waals surface area contributed by atoms with Crippen molar-refractivity contribution in [1.29, 1.82) is 0 Å². The van der Waals surface area contributed by atoms with E-state index in [1.165, 1.54) is 24.3 Å². The SMILES string of the molecule is Cc1ccc(F)cc1-c1cc(F)cc(Cl)c1. The van der Waals surface area contributed by atoms with Crippen LogP contribution in [0.4, 0.5) is 8.78 Å². The van der Waals surface area contributed by atoms with Crippen molar-refractivity contribution in [2.75, 3.05) is 0 Å². The fourth-order valence-corrected chi connectivity index (χ4v) is 1.84. The van der Waals surface area contributed by atoms with Gasteiger partial charge in [0.2, 0.25) is 0 Å². The van der Waals surface area contributed by atoms with E-state index in [9.17, 15) is 8.78 Å². The van der Waals surface area contributed by atoms with Gasteiger partial charge in [0, 0.05) is 5.02 Å². The molecule has 0 fully saturated rings. The standard InChI is InChI=1S/C13H9ClF2/c1-8-2-3-11(15)7-13(8)9-4-10(14)6-12(16)5-9/h2-7H,1H3. The molecule has 0 bridgehead atoms. The molecule has 0 N–H and O–H groups in total. The van der Waals surface area contributed by atoms with Crippen LogP contribution in [0.3, 0.4) is 0 Å². The van der Waals surface area contributed by atoms with E-state index in [2.05, 4.69) is 0 Å². The van der Waals surface area contributed by atoms with Crippen LogP contribution in [-0.2, 0) is 0 Å². The maximum atomic E-state index is 13.2. The summed E-state index contributed by atoms with van der Waals surface area (Å²) in [5.41, 5.74) is 2.12. The third-order valence-electron chi connectivity index (χ3n) is 2.37. The molecule has 2 aromatic carbocycles. The van der Waals surface area contributed by atoms with E-state index in [0.717, 1.165) is 5.56 Å². The van der Waals surface area contributed by atoms with Gasteiger partial charge in [-0.3, -0.25) is 0 Å². The minimum Gasteiger partial charge on any atom is -0.207 e. The molecule has 0 saturated heterocycles. The van der Waals surface area contributed by atoms with Crippen LogP contribution in [-0.4, -0.2) is 0 Å². The van der Waals surface area contributed by atoms with Gasteiger partial charge in [-0.15, -0.1) is 0 Å². The molecular weight excluding hydrogens is 230 g/mol. The van der Waals surface area contributed by atoms with E-state index < -0.39 is 5.82 Å². The molecule has 16 heavy (non-hydrogen) atoms. The van der Waals surface area contributed by atoms with Crippen LogP contribution in [0.15, 0.2) is 36.4 Å². The number of hydrogen-bond donors (Lipinski definition) is 0. The molecule has 0 amide bonds. The van der Waals surface area contributed by atoms with E-state index in [1.807, 2.05) is 6.92 Å². The second-order valence-electron chi connectivity index (χ2n) is 3.62. The smallest absolute Gasteiger partial charge is 0.125 e. The number of aryl methyl sites for hydroxylation is 1. The fraction of sp³-hybridized carbons (Fsp3) is 0.0769. The molecule has 0 aliphatic carbocycles. The average molecular weight is 239 g/mol. The molecule has 0 saturated carbocycles.